The molecule has 1 heterocycles. The van der Waals surface area contributed by atoms with Gasteiger partial charge in [0, 0.05) is 24.7 Å². The molecule has 1 aromatic rings. The van der Waals surface area contributed by atoms with Crippen LogP contribution in [0.25, 0.3) is 0 Å². The van der Waals surface area contributed by atoms with Crippen LogP contribution in [0.5, 0.6) is 0 Å². The number of nitrogens with zero attached hydrogens (tertiary/aromatic N) is 1. The Labute approximate surface area is 123 Å². The summed E-state index contributed by atoms with van der Waals surface area (Å²) in [4.78, 5) is 24.9. The van der Waals surface area contributed by atoms with Gasteiger partial charge in [-0.15, -0.1) is 0 Å². The molecule has 6 nitrogen and oxygen atoms in total. The van der Waals surface area contributed by atoms with E-state index in [1.807, 2.05) is 42.3 Å². The summed E-state index contributed by atoms with van der Waals surface area (Å²) >= 11 is 0. The molecule has 114 valence electrons. The fourth-order valence-electron chi connectivity index (χ4n) is 2.40. The van der Waals surface area contributed by atoms with Gasteiger partial charge < -0.3 is 15.2 Å². The van der Waals surface area contributed by atoms with Crippen molar-refractivity contribution in [3.05, 3.63) is 30.3 Å². The highest BCUT2D eigenvalue weighted by molar-refractivity contribution is 5.90. The molecule has 0 saturated carbocycles. The normalized spacial score (nSPS) is 21.4. The predicted molar refractivity (Wildman–Crippen MR) is 78.1 cm³/mol. The van der Waals surface area contributed by atoms with Gasteiger partial charge in [0.05, 0.1) is 19.1 Å². The van der Waals surface area contributed by atoms with Crippen LogP contribution in [0.2, 0.25) is 0 Å². The average Bonchev–Trinajstić information content (AvgIpc) is 2.95. The Morgan fingerprint density at radius 2 is 2.05 bits per heavy atom. The lowest BCUT2D eigenvalue weighted by atomic mass is 10.0. The second kappa shape index (κ2) is 7.19. The highest BCUT2D eigenvalue weighted by Crippen LogP contribution is 2.19. The summed E-state index contributed by atoms with van der Waals surface area (Å²) in [5.74, 6) is -1.45. The Morgan fingerprint density at radius 3 is 2.71 bits per heavy atom. The number of carboxylic acid groups (broad SMARTS) is 1. The number of para-hydroxylation sites is 1. The maximum absolute atomic E-state index is 11.9. The van der Waals surface area contributed by atoms with Crippen molar-refractivity contribution < 1.29 is 19.4 Å². The number of aliphatic carboxylic acids is 1. The molecule has 1 aromatic carbocycles. The first kappa shape index (κ1) is 15.5. The summed E-state index contributed by atoms with van der Waals surface area (Å²) < 4.78 is 5.23. The van der Waals surface area contributed by atoms with Gasteiger partial charge in [0.2, 0.25) is 5.91 Å². The summed E-state index contributed by atoms with van der Waals surface area (Å²) in [6.45, 7) is 1.13. The molecule has 2 N–H and O–H groups in total. The minimum atomic E-state index is -0.849. The molecule has 6 heteroatoms. The van der Waals surface area contributed by atoms with Crippen molar-refractivity contribution in [2.24, 2.45) is 5.92 Å². The zero-order chi connectivity index (χ0) is 15.2. The lowest BCUT2D eigenvalue weighted by Crippen LogP contribution is -2.41. The Morgan fingerprint density at radius 1 is 1.33 bits per heavy atom. The molecule has 1 aliphatic rings. The summed E-state index contributed by atoms with van der Waals surface area (Å²) in [6.07, 6.45) is 0.314. The van der Waals surface area contributed by atoms with Crippen LogP contribution in [0, 0.1) is 5.92 Å². The maximum Gasteiger partial charge on any atom is 0.310 e. The number of carboxylic acids is 1. The van der Waals surface area contributed by atoms with Gasteiger partial charge in [-0.1, -0.05) is 18.2 Å². The zero-order valence-electron chi connectivity index (χ0n) is 12.0. The van der Waals surface area contributed by atoms with Gasteiger partial charge in [0.25, 0.3) is 0 Å². The highest BCUT2D eigenvalue weighted by Gasteiger charge is 2.36. The van der Waals surface area contributed by atoms with Gasteiger partial charge in [0.1, 0.15) is 0 Å². The number of amides is 1. The molecule has 0 aromatic heterocycles. The average molecular weight is 292 g/mol. The molecular weight excluding hydrogens is 272 g/mol. The number of hydrogen-bond acceptors (Lipinski definition) is 4. The number of likely N-dealkylation sites (N-methyl/N-ethyl adjacent to an activating group) is 1. The lowest BCUT2D eigenvalue weighted by molar-refractivity contribution is -0.143. The first-order valence-electron chi connectivity index (χ1n) is 6.93. The molecule has 2 unspecified atom stereocenters. The van der Waals surface area contributed by atoms with Crippen LogP contribution in [0.3, 0.4) is 0 Å². The SMILES string of the molecule is CN(CCC(=O)Nc1ccccc1)C1COCC1C(=O)O. The Kier molecular flexibility index (Phi) is 5.30. The second-order valence-corrected chi connectivity index (χ2v) is 5.19. The molecule has 1 aliphatic heterocycles. The van der Waals surface area contributed by atoms with Gasteiger partial charge in [-0.3, -0.25) is 14.5 Å². The van der Waals surface area contributed by atoms with Crippen LogP contribution >= 0.6 is 0 Å². The Balaban J connectivity index is 1.79. The Hall–Kier alpha value is -1.92. The topological polar surface area (TPSA) is 78.9 Å². The van der Waals surface area contributed by atoms with Crippen molar-refractivity contribution in [3.63, 3.8) is 0 Å². The van der Waals surface area contributed by atoms with E-state index in [0.29, 0.717) is 19.6 Å². The van der Waals surface area contributed by atoms with Crippen LogP contribution in [-0.4, -0.2) is 54.7 Å². The highest BCUT2D eigenvalue weighted by atomic mass is 16.5. The molecule has 0 spiro atoms. The van der Waals surface area contributed by atoms with Crippen molar-refractivity contribution in [3.8, 4) is 0 Å². The number of hydrogen-bond donors (Lipinski definition) is 2. The van der Waals surface area contributed by atoms with Gasteiger partial charge in [-0.05, 0) is 19.2 Å². The van der Waals surface area contributed by atoms with E-state index >= 15 is 0 Å². The summed E-state index contributed by atoms with van der Waals surface area (Å²) in [6, 6.07) is 9.08. The van der Waals surface area contributed by atoms with Crippen molar-refractivity contribution in [2.75, 3.05) is 32.1 Å². The number of rotatable bonds is 6. The van der Waals surface area contributed by atoms with Crippen LogP contribution < -0.4 is 5.32 Å². The molecule has 0 radical (unpaired) electrons. The fraction of sp³-hybridized carbons (Fsp3) is 0.467. The number of benzene rings is 1. The molecular formula is C15H20N2O4. The van der Waals surface area contributed by atoms with Crippen molar-refractivity contribution in [1.29, 1.82) is 0 Å². The number of nitrogens with one attached hydrogen (secondary N) is 1. The Bertz CT molecular complexity index is 492. The zero-order valence-corrected chi connectivity index (χ0v) is 12.0. The van der Waals surface area contributed by atoms with E-state index in [-0.39, 0.29) is 18.6 Å². The van der Waals surface area contributed by atoms with Crippen molar-refractivity contribution in [1.82, 2.24) is 4.90 Å². The molecule has 0 bridgehead atoms. The van der Waals surface area contributed by atoms with Crippen molar-refractivity contribution >= 4 is 17.6 Å². The van der Waals surface area contributed by atoms with Gasteiger partial charge in [-0.25, -0.2) is 0 Å². The molecule has 21 heavy (non-hydrogen) atoms. The third-order valence-corrected chi connectivity index (χ3v) is 3.68. The molecule has 1 amide bonds. The third kappa shape index (κ3) is 4.27. The number of carbonyl (C=O) groups is 2. The number of carbonyl (C=O) groups excluding carboxylic acids is 1. The van der Waals surface area contributed by atoms with E-state index in [2.05, 4.69) is 5.32 Å². The summed E-state index contributed by atoms with van der Waals surface area (Å²) in [7, 11) is 1.82. The predicted octanol–water partition coefficient (Wildman–Crippen LogP) is 1.05. The fourth-order valence-corrected chi connectivity index (χ4v) is 2.40. The molecule has 1 fully saturated rings. The van der Waals surface area contributed by atoms with Crippen LogP contribution in [0.4, 0.5) is 5.69 Å². The van der Waals surface area contributed by atoms with Crippen LogP contribution in [0.15, 0.2) is 30.3 Å². The monoisotopic (exact) mass is 292 g/mol. The summed E-state index contributed by atoms with van der Waals surface area (Å²) in [5.41, 5.74) is 0.762. The lowest BCUT2D eigenvalue weighted by Gasteiger charge is -2.25. The van der Waals surface area contributed by atoms with E-state index in [1.165, 1.54) is 0 Å². The van der Waals surface area contributed by atoms with E-state index < -0.39 is 11.9 Å². The van der Waals surface area contributed by atoms with Gasteiger partial charge in [0.15, 0.2) is 0 Å². The van der Waals surface area contributed by atoms with E-state index in [1.54, 1.807) is 0 Å². The molecule has 1 saturated heterocycles. The standard InChI is InChI=1S/C15H20N2O4/c1-17(13-10-21-9-12(13)15(19)20)8-7-14(18)16-11-5-3-2-4-6-11/h2-6,12-13H,7-10H2,1H3,(H,16,18)(H,19,20). The summed E-state index contributed by atoms with van der Waals surface area (Å²) in [5, 5.41) is 11.9. The smallest absolute Gasteiger partial charge is 0.310 e. The molecule has 0 aliphatic carbocycles. The van der Waals surface area contributed by atoms with Crippen LogP contribution in [-0.2, 0) is 14.3 Å². The van der Waals surface area contributed by atoms with Crippen molar-refractivity contribution in [2.45, 2.75) is 12.5 Å². The minimum Gasteiger partial charge on any atom is -0.481 e. The molecule has 2 atom stereocenters. The molecule has 2 rings (SSSR count). The first-order valence-corrected chi connectivity index (χ1v) is 6.93. The number of ether oxygens (including phenoxy) is 1. The van der Waals surface area contributed by atoms with E-state index in [9.17, 15) is 9.59 Å². The third-order valence-electron chi connectivity index (χ3n) is 3.68. The first-order chi connectivity index (χ1) is 10.1. The van der Waals surface area contributed by atoms with E-state index in [4.69, 9.17) is 9.84 Å². The van der Waals surface area contributed by atoms with Gasteiger partial charge >= 0.3 is 5.97 Å². The quantitative estimate of drug-likeness (QED) is 0.819. The minimum absolute atomic E-state index is 0.0844. The van der Waals surface area contributed by atoms with E-state index in [0.717, 1.165) is 5.69 Å². The second-order valence-electron chi connectivity index (χ2n) is 5.19. The largest absolute Gasteiger partial charge is 0.481 e. The number of anilines is 1. The van der Waals surface area contributed by atoms with Gasteiger partial charge in [-0.2, -0.15) is 0 Å². The van der Waals surface area contributed by atoms with Crippen LogP contribution in [0.1, 0.15) is 6.42 Å². The maximum atomic E-state index is 11.9.